The molecule has 2 heterocycles. The predicted octanol–water partition coefficient (Wildman–Crippen LogP) is 4.11. The van der Waals surface area contributed by atoms with Crippen LogP contribution in [0.3, 0.4) is 0 Å². The Hall–Kier alpha value is -2.86. The van der Waals surface area contributed by atoms with Gasteiger partial charge in [0, 0.05) is 30.0 Å². The van der Waals surface area contributed by atoms with Crippen LogP contribution in [0.15, 0.2) is 36.4 Å². The van der Waals surface area contributed by atoms with Gasteiger partial charge in [-0.25, -0.2) is 14.4 Å². The van der Waals surface area contributed by atoms with Crippen molar-refractivity contribution in [2.45, 2.75) is 48.6 Å². The van der Waals surface area contributed by atoms with Crippen LogP contribution >= 0.6 is 22.6 Å². The van der Waals surface area contributed by atoms with Crippen LogP contribution in [0.25, 0.3) is 16.6 Å². The molecule has 2 aromatic carbocycles. The van der Waals surface area contributed by atoms with Gasteiger partial charge in [0.15, 0.2) is 11.5 Å². The fourth-order valence-electron chi connectivity index (χ4n) is 4.33. The molecule has 4 N–H and O–H groups in total. The molecule has 5 rings (SSSR count). The summed E-state index contributed by atoms with van der Waals surface area (Å²) < 4.78 is 15.5. The Kier molecular flexibility index (Phi) is 6.12. The minimum Gasteiger partial charge on any atom is -0.368 e. The molecule has 0 aliphatic heterocycles. The molecule has 1 aliphatic carbocycles. The average molecular weight is 587 g/mol. The highest BCUT2D eigenvalue weighted by Crippen LogP contribution is 2.42. The minimum atomic E-state index is -0.349. The monoisotopic (exact) mass is 587 g/mol. The number of carbonyl (C=O) groups is 1. The molecule has 1 fully saturated rings. The van der Waals surface area contributed by atoms with Crippen molar-refractivity contribution < 1.29 is 9.18 Å². The first kappa shape index (κ1) is 23.9. The van der Waals surface area contributed by atoms with E-state index in [0.29, 0.717) is 39.9 Å². The van der Waals surface area contributed by atoms with Gasteiger partial charge in [-0.15, -0.1) is 5.10 Å². The SMILES string of the molecule is Cc1cc(F)cc2c1nc(N)n1nc(CCC[C@H](I)N(C)C(=O)c3ccc(C4(N)CC4)cc3)nc21. The summed E-state index contributed by atoms with van der Waals surface area (Å²) in [7, 11) is 1.82. The summed E-state index contributed by atoms with van der Waals surface area (Å²) in [5, 5.41) is 5.07. The van der Waals surface area contributed by atoms with Gasteiger partial charge >= 0.3 is 0 Å². The number of hydrogen-bond donors (Lipinski definition) is 2. The normalized spacial score (nSPS) is 15.5. The standard InChI is InChI=1S/C25H27FIN7O/c1-14-12-17(26)13-18-21(14)31-24(28)34-22(18)30-20(32-34)5-3-4-19(27)33(2)23(35)15-6-8-16(9-7-15)25(29)10-11-25/h6-9,12-13,19H,3-5,10-11,29H2,1-2H3,(H2,28,31)/t19-/m1/s1. The number of amides is 1. The molecular formula is C25H27FIN7O. The highest BCUT2D eigenvalue weighted by atomic mass is 127. The lowest BCUT2D eigenvalue weighted by Crippen LogP contribution is -2.33. The molecule has 182 valence electrons. The summed E-state index contributed by atoms with van der Waals surface area (Å²) in [5.74, 6) is 0.452. The maximum absolute atomic E-state index is 14.0. The molecule has 0 spiro atoms. The van der Waals surface area contributed by atoms with Gasteiger partial charge in [-0.1, -0.05) is 34.7 Å². The number of nitrogens with two attached hydrogens (primary N) is 2. The van der Waals surface area contributed by atoms with Gasteiger partial charge in [0.1, 0.15) is 5.82 Å². The number of benzene rings is 2. The van der Waals surface area contributed by atoms with Gasteiger partial charge < -0.3 is 16.4 Å². The van der Waals surface area contributed by atoms with Crippen molar-refractivity contribution in [3.8, 4) is 0 Å². The van der Waals surface area contributed by atoms with E-state index in [0.717, 1.165) is 31.2 Å². The number of rotatable bonds is 7. The van der Waals surface area contributed by atoms with Gasteiger partial charge in [-0.05, 0) is 68.0 Å². The average Bonchev–Trinajstić information content (AvgIpc) is 3.43. The largest absolute Gasteiger partial charge is 0.368 e. The number of anilines is 1. The van der Waals surface area contributed by atoms with E-state index < -0.39 is 0 Å². The number of fused-ring (bicyclic) bond motifs is 3. The van der Waals surface area contributed by atoms with Crippen LogP contribution in [0.5, 0.6) is 0 Å². The van der Waals surface area contributed by atoms with Crippen LogP contribution in [-0.4, -0.2) is 41.5 Å². The Balaban J connectivity index is 1.24. The molecule has 1 atom stereocenters. The third-order valence-corrected chi connectivity index (χ3v) is 8.14. The Bertz CT molecular complexity index is 1430. The highest BCUT2D eigenvalue weighted by molar-refractivity contribution is 14.1. The van der Waals surface area contributed by atoms with Gasteiger partial charge in [-0.3, -0.25) is 4.79 Å². The van der Waals surface area contributed by atoms with E-state index in [1.54, 1.807) is 11.8 Å². The number of carbonyl (C=O) groups excluding carboxylic acids is 1. The van der Waals surface area contributed by atoms with Crippen LogP contribution in [0.4, 0.5) is 10.3 Å². The zero-order chi connectivity index (χ0) is 24.9. The molecule has 4 aromatic rings. The fourth-order valence-corrected chi connectivity index (χ4v) is 5.03. The topological polar surface area (TPSA) is 115 Å². The van der Waals surface area contributed by atoms with Crippen LogP contribution in [0.2, 0.25) is 0 Å². The van der Waals surface area contributed by atoms with E-state index in [1.165, 1.54) is 16.6 Å². The number of hydrogen-bond acceptors (Lipinski definition) is 6. The van der Waals surface area contributed by atoms with Crippen molar-refractivity contribution in [3.05, 3.63) is 64.7 Å². The molecule has 1 amide bonds. The summed E-state index contributed by atoms with van der Waals surface area (Å²) in [6.07, 6.45) is 4.13. The van der Waals surface area contributed by atoms with Gasteiger partial charge in [0.05, 0.1) is 9.57 Å². The zero-order valence-electron chi connectivity index (χ0n) is 19.6. The Morgan fingerprint density at radius 2 is 1.97 bits per heavy atom. The second kappa shape index (κ2) is 8.98. The molecule has 0 radical (unpaired) electrons. The van der Waals surface area contributed by atoms with Crippen molar-refractivity contribution in [2.75, 3.05) is 12.8 Å². The summed E-state index contributed by atoms with van der Waals surface area (Å²) in [5.41, 5.74) is 15.7. The first-order valence-corrected chi connectivity index (χ1v) is 12.8. The lowest BCUT2D eigenvalue weighted by Gasteiger charge is -2.23. The quantitative estimate of drug-likeness (QED) is 0.191. The van der Waals surface area contributed by atoms with Crippen molar-refractivity contribution >= 4 is 51.0 Å². The first-order valence-electron chi connectivity index (χ1n) is 11.6. The maximum Gasteiger partial charge on any atom is 0.254 e. The smallest absolute Gasteiger partial charge is 0.254 e. The predicted molar refractivity (Wildman–Crippen MR) is 142 cm³/mol. The van der Waals surface area contributed by atoms with Crippen molar-refractivity contribution in [2.24, 2.45) is 5.73 Å². The molecule has 0 bridgehead atoms. The Morgan fingerprint density at radius 3 is 2.66 bits per heavy atom. The molecule has 35 heavy (non-hydrogen) atoms. The van der Waals surface area contributed by atoms with Gasteiger partial charge in [0.2, 0.25) is 5.95 Å². The molecule has 1 aliphatic rings. The number of halogens is 2. The van der Waals surface area contributed by atoms with E-state index in [9.17, 15) is 9.18 Å². The first-order chi connectivity index (χ1) is 16.7. The Morgan fingerprint density at radius 1 is 1.26 bits per heavy atom. The molecule has 0 unspecified atom stereocenters. The van der Waals surface area contributed by atoms with E-state index in [2.05, 4.69) is 37.7 Å². The molecule has 2 aromatic heterocycles. The summed E-state index contributed by atoms with van der Waals surface area (Å²) in [6.45, 7) is 1.79. The third kappa shape index (κ3) is 4.56. The molecule has 10 heteroatoms. The molecule has 8 nitrogen and oxygen atoms in total. The van der Waals surface area contributed by atoms with E-state index in [-0.39, 0.29) is 27.3 Å². The lowest BCUT2D eigenvalue weighted by atomic mass is 10.0. The number of aromatic nitrogens is 4. The van der Waals surface area contributed by atoms with Crippen molar-refractivity contribution in [3.63, 3.8) is 0 Å². The molecule has 0 saturated heterocycles. The van der Waals surface area contributed by atoms with E-state index >= 15 is 0 Å². The number of nitrogens with zero attached hydrogens (tertiary/aromatic N) is 5. The minimum absolute atomic E-state index is 0.00500. The van der Waals surface area contributed by atoms with Crippen LogP contribution < -0.4 is 11.5 Å². The second-order valence-corrected chi connectivity index (χ2v) is 10.8. The summed E-state index contributed by atoms with van der Waals surface area (Å²) >= 11 is 2.29. The highest BCUT2D eigenvalue weighted by Gasteiger charge is 2.39. The Labute approximate surface area is 216 Å². The second-order valence-electron chi connectivity index (χ2n) is 9.33. The number of alkyl halides is 1. The van der Waals surface area contributed by atoms with E-state index in [4.69, 9.17) is 11.5 Å². The maximum atomic E-state index is 14.0. The number of nitrogen functional groups attached to an aromatic ring is 1. The summed E-state index contributed by atoms with van der Waals surface area (Å²) in [6, 6.07) is 10.5. The van der Waals surface area contributed by atoms with Crippen molar-refractivity contribution in [1.29, 1.82) is 0 Å². The van der Waals surface area contributed by atoms with Gasteiger partial charge in [0.25, 0.3) is 5.91 Å². The number of aryl methyl sites for hydroxylation is 2. The van der Waals surface area contributed by atoms with Crippen LogP contribution in [0.1, 0.15) is 53.0 Å². The third-order valence-electron chi connectivity index (χ3n) is 6.68. The molecular weight excluding hydrogens is 560 g/mol. The zero-order valence-corrected chi connectivity index (χ0v) is 21.8. The summed E-state index contributed by atoms with van der Waals surface area (Å²) in [4.78, 5) is 23.7. The van der Waals surface area contributed by atoms with Crippen LogP contribution in [-0.2, 0) is 12.0 Å². The van der Waals surface area contributed by atoms with Gasteiger partial charge in [-0.2, -0.15) is 4.52 Å². The molecule has 1 saturated carbocycles. The fraction of sp³-hybridized carbons (Fsp3) is 0.360. The van der Waals surface area contributed by atoms with Crippen LogP contribution in [0, 0.1) is 12.7 Å². The van der Waals surface area contributed by atoms with Crippen molar-refractivity contribution in [1.82, 2.24) is 24.5 Å². The lowest BCUT2D eigenvalue weighted by molar-refractivity contribution is 0.0783. The van der Waals surface area contributed by atoms with E-state index in [1.807, 2.05) is 31.3 Å².